The van der Waals surface area contributed by atoms with E-state index < -0.39 is 5.91 Å². The molecule has 1 fully saturated rings. The minimum absolute atomic E-state index is 0.131. The van der Waals surface area contributed by atoms with Crippen molar-refractivity contribution >= 4 is 16.9 Å². The van der Waals surface area contributed by atoms with E-state index in [-0.39, 0.29) is 5.82 Å². The first-order valence-corrected chi connectivity index (χ1v) is 11.6. The van der Waals surface area contributed by atoms with Crippen LogP contribution in [0.1, 0.15) is 45.8 Å². The van der Waals surface area contributed by atoms with Crippen molar-refractivity contribution < 1.29 is 14.4 Å². The zero-order valence-electron chi connectivity index (χ0n) is 18.8. The van der Waals surface area contributed by atoms with Gasteiger partial charge in [0.1, 0.15) is 11.5 Å². The molecule has 0 atom stereocenters. The first kappa shape index (κ1) is 22.3. The summed E-state index contributed by atoms with van der Waals surface area (Å²) >= 11 is 0. The molecule has 0 saturated carbocycles. The molecule has 0 unspecified atom stereocenters. The largest absolute Gasteiger partial charge is 0.328 e. The molecule has 7 heteroatoms. The number of hydroxylamine groups is 1. The normalized spacial score (nSPS) is 15.0. The van der Waals surface area contributed by atoms with Gasteiger partial charge < -0.3 is 4.57 Å². The van der Waals surface area contributed by atoms with Gasteiger partial charge in [0.2, 0.25) is 0 Å². The maximum atomic E-state index is 14.0. The van der Waals surface area contributed by atoms with Gasteiger partial charge in [0.15, 0.2) is 0 Å². The maximum Gasteiger partial charge on any atom is 0.274 e. The molecule has 3 heterocycles. The van der Waals surface area contributed by atoms with Crippen LogP contribution < -0.4 is 5.48 Å². The molecule has 174 valence electrons. The van der Waals surface area contributed by atoms with Gasteiger partial charge in [-0.25, -0.2) is 14.9 Å². The summed E-state index contributed by atoms with van der Waals surface area (Å²) in [6.45, 7) is 3.18. The Hall–Kier alpha value is -3.55. The molecule has 34 heavy (non-hydrogen) atoms. The summed E-state index contributed by atoms with van der Waals surface area (Å²) in [6.07, 6.45) is 6.01. The van der Waals surface area contributed by atoms with E-state index in [1.165, 1.54) is 17.0 Å². The summed E-state index contributed by atoms with van der Waals surface area (Å²) in [6, 6.07) is 18.4. The van der Waals surface area contributed by atoms with Gasteiger partial charge in [0.05, 0.1) is 0 Å². The van der Waals surface area contributed by atoms with E-state index in [4.69, 9.17) is 5.21 Å². The number of piperidine rings is 1. The number of likely N-dealkylation sites (tertiary alicyclic amines) is 1. The van der Waals surface area contributed by atoms with Crippen molar-refractivity contribution in [3.63, 3.8) is 0 Å². The van der Waals surface area contributed by atoms with E-state index in [0.29, 0.717) is 24.6 Å². The fraction of sp³-hybridized carbons (Fsp3) is 0.259. The third-order valence-corrected chi connectivity index (χ3v) is 6.75. The Morgan fingerprint density at radius 3 is 2.53 bits per heavy atom. The van der Waals surface area contributed by atoms with Crippen LogP contribution in [0.25, 0.3) is 11.0 Å². The highest BCUT2D eigenvalue weighted by Gasteiger charge is 2.23. The first-order chi connectivity index (χ1) is 16.6. The predicted octanol–water partition coefficient (Wildman–Crippen LogP) is 4.72. The van der Waals surface area contributed by atoms with Crippen LogP contribution in [0.2, 0.25) is 0 Å². The zero-order valence-corrected chi connectivity index (χ0v) is 18.8. The van der Waals surface area contributed by atoms with Crippen molar-refractivity contribution in [1.29, 1.82) is 0 Å². The Bertz CT molecular complexity index is 1290. The second kappa shape index (κ2) is 9.75. The number of benzene rings is 2. The lowest BCUT2D eigenvalue weighted by atomic mass is 9.88. The molecule has 1 aliphatic heterocycles. The quantitative estimate of drug-likeness (QED) is 0.324. The number of carbonyl (C=O) groups excluding carboxylic acids is 1. The molecule has 2 aromatic carbocycles. The highest BCUT2D eigenvalue weighted by molar-refractivity contribution is 5.93. The molecule has 6 nitrogen and oxygen atoms in total. The molecular formula is C27H27FN4O2. The van der Waals surface area contributed by atoms with Crippen LogP contribution in [0.4, 0.5) is 4.39 Å². The number of nitrogens with zero attached hydrogens (tertiary/aromatic N) is 3. The number of halogens is 1. The SMILES string of the molecule is O=C(NO)c1ccc(Cn2ccc3c(C4CCN(Cc5ccccc5F)CC4)ccnc32)cc1. The van der Waals surface area contributed by atoms with Crippen LogP contribution in [0.15, 0.2) is 73.1 Å². The number of pyridine rings is 1. The summed E-state index contributed by atoms with van der Waals surface area (Å²) in [7, 11) is 0. The lowest BCUT2D eigenvalue weighted by Crippen LogP contribution is -2.32. The van der Waals surface area contributed by atoms with E-state index in [9.17, 15) is 9.18 Å². The van der Waals surface area contributed by atoms with Crippen LogP contribution in [0.3, 0.4) is 0 Å². The highest BCUT2D eigenvalue weighted by atomic mass is 19.1. The van der Waals surface area contributed by atoms with Gasteiger partial charge in [-0.1, -0.05) is 30.3 Å². The van der Waals surface area contributed by atoms with Crippen LogP contribution in [-0.2, 0) is 13.1 Å². The lowest BCUT2D eigenvalue weighted by molar-refractivity contribution is 0.0706. The van der Waals surface area contributed by atoms with E-state index >= 15 is 0 Å². The zero-order chi connectivity index (χ0) is 23.5. The minimum atomic E-state index is -0.524. The molecule has 1 aliphatic rings. The van der Waals surface area contributed by atoms with Crippen molar-refractivity contribution in [2.24, 2.45) is 0 Å². The van der Waals surface area contributed by atoms with Crippen LogP contribution >= 0.6 is 0 Å². The summed E-state index contributed by atoms with van der Waals surface area (Å²) in [5.41, 5.74) is 6.13. The third kappa shape index (κ3) is 4.58. The van der Waals surface area contributed by atoms with Gasteiger partial charge in [0.25, 0.3) is 5.91 Å². The summed E-state index contributed by atoms with van der Waals surface area (Å²) in [5, 5.41) is 9.95. The summed E-state index contributed by atoms with van der Waals surface area (Å²) < 4.78 is 16.1. The monoisotopic (exact) mass is 458 g/mol. The number of hydrogen-bond donors (Lipinski definition) is 2. The molecule has 0 bridgehead atoms. The molecule has 2 N–H and O–H groups in total. The fourth-order valence-corrected chi connectivity index (χ4v) is 4.89. The Labute approximate surface area is 197 Å². The van der Waals surface area contributed by atoms with E-state index in [1.54, 1.807) is 23.7 Å². The van der Waals surface area contributed by atoms with Crippen LogP contribution in [0.5, 0.6) is 0 Å². The Morgan fingerprint density at radius 2 is 1.79 bits per heavy atom. The number of nitrogens with one attached hydrogen (secondary N) is 1. The van der Waals surface area contributed by atoms with Crippen molar-refractivity contribution in [2.75, 3.05) is 13.1 Å². The first-order valence-electron chi connectivity index (χ1n) is 11.6. The molecule has 4 aromatic rings. The Kier molecular flexibility index (Phi) is 6.38. The molecule has 1 amide bonds. The minimum Gasteiger partial charge on any atom is -0.328 e. The van der Waals surface area contributed by atoms with Gasteiger partial charge in [-0.2, -0.15) is 0 Å². The van der Waals surface area contributed by atoms with Crippen molar-refractivity contribution in [1.82, 2.24) is 19.9 Å². The number of carbonyl (C=O) groups is 1. The van der Waals surface area contributed by atoms with Crippen molar-refractivity contribution in [3.05, 3.63) is 101 Å². The van der Waals surface area contributed by atoms with Crippen molar-refractivity contribution in [2.45, 2.75) is 31.8 Å². The molecule has 0 spiro atoms. The highest BCUT2D eigenvalue weighted by Crippen LogP contribution is 2.33. The van der Waals surface area contributed by atoms with Gasteiger partial charge in [-0.15, -0.1) is 0 Å². The van der Waals surface area contributed by atoms with Gasteiger partial charge in [-0.05, 0) is 73.3 Å². The second-order valence-electron chi connectivity index (χ2n) is 8.86. The Morgan fingerprint density at radius 1 is 1.03 bits per heavy atom. The van der Waals surface area contributed by atoms with Crippen LogP contribution in [0, 0.1) is 5.82 Å². The molecular weight excluding hydrogens is 431 g/mol. The second-order valence-corrected chi connectivity index (χ2v) is 8.86. The smallest absolute Gasteiger partial charge is 0.274 e. The van der Waals surface area contributed by atoms with Crippen LogP contribution in [-0.4, -0.2) is 38.7 Å². The van der Waals surface area contributed by atoms with E-state index in [1.807, 2.05) is 30.5 Å². The van der Waals surface area contributed by atoms with E-state index in [2.05, 4.69) is 32.8 Å². The number of rotatable bonds is 6. The standard InChI is InChI=1S/C27H27FN4O2/c28-25-4-2-1-3-22(25)18-31-14-10-20(11-15-31)23-9-13-29-26-24(23)12-16-32(26)17-19-5-7-21(8-6-19)27(33)30-34/h1-9,12-13,16,20,34H,10-11,14-15,17-18H2,(H,30,33). The number of fused-ring (bicyclic) bond motifs is 1. The molecule has 2 aromatic heterocycles. The van der Waals surface area contributed by atoms with Gasteiger partial charge in [-0.3, -0.25) is 14.9 Å². The number of amides is 1. The average molecular weight is 459 g/mol. The fourth-order valence-electron chi connectivity index (χ4n) is 4.89. The summed E-state index contributed by atoms with van der Waals surface area (Å²) in [5.74, 6) is -0.202. The number of aromatic nitrogens is 2. The average Bonchev–Trinajstić information content (AvgIpc) is 3.29. The predicted molar refractivity (Wildman–Crippen MR) is 128 cm³/mol. The number of hydrogen-bond acceptors (Lipinski definition) is 4. The van der Waals surface area contributed by atoms with Gasteiger partial charge in [0, 0.05) is 42.0 Å². The maximum absolute atomic E-state index is 14.0. The van der Waals surface area contributed by atoms with Crippen molar-refractivity contribution in [3.8, 4) is 0 Å². The Balaban J connectivity index is 1.28. The molecule has 1 saturated heterocycles. The van der Waals surface area contributed by atoms with E-state index in [0.717, 1.165) is 42.7 Å². The molecule has 0 radical (unpaired) electrons. The lowest BCUT2D eigenvalue weighted by Gasteiger charge is -2.32. The summed E-state index contributed by atoms with van der Waals surface area (Å²) in [4.78, 5) is 18.5. The topological polar surface area (TPSA) is 70.4 Å². The third-order valence-electron chi connectivity index (χ3n) is 6.75. The molecule has 5 rings (SSSR count). The molecule has 0 aliphatic carbocycles. The van der Waals surface area contributed by atoms with Gasteiger partial charge >= 0.3 is 0 Å².